The molecule has 0 spiro atoms. The highest BCUT2D eigenvalue weighted by molar-refractivity contribution is 6.32. The first kappa shape index (κ1) is 19.2. The monoisotopic (exact) mass is 361 g/mol. The molecule has 5 nitrogen and oxygen atoms in total. The summed E-state index contributed by atoms with van der Waals surface area (Å²) in [5, 5.41) is 3.25. The second-order valence-electron chi connectivity index (χ2n) is 6.32. The van der Waals surface area contributed by atoms with Gasteiger partial charge in [0.1, 0.15) is 17.9 Å². The number of ether oxygens (including phenoxy) is 1. The van der Waals surface area contributed by atoms with Crippen LogP contribution < -0.4 is 15.8 Å². The summed E-state index contributed by atoms with van der Waals surface area (Å²) in [4.78, 5) is 14.6. The zero-order chi connectivity index (χ0) is 18.4. The number of rotatable bonds is 7. The molecule has 0 bridgehead atoms. The van der Waals surface area contributed by atoms with Crippen molar-refractivity contribution in [3.05, 3.63) is 59.1 Å². The highest BCUT2D eigenvalue weighted by Crippen LogP contribution is 2.28. The van der Waals surface area contributed by atoms with Crippen molar-refractivity contribution in [1.82, 2.24) is 4.90 Å². The van der Waals surface area contributed by atoms with Crippen molar-refractivity contribution in [2.24, 2.45) is 5.73 Å². The van der Waals surface area contributed by atoms with E-state index in [4.69, 9.17) is 22.1 Å². The van der Waals surface area contributed by atoms with E-state index in [9.17, 15) is 4.79 Å². The molecule has 0 aliphatic rings. The first-order chi connectivity index (χ1) is 11.8. The van der Waals surface area contributed by atoms with Gasteiger partial charge in [0.05, 0.1) is 5.02 Å². The molecule has 0 radical (unpaired) electrons. The largest absolute Gasteiger partial charge is 0.491 e. The van der Waals surface area contributed by atoms with E-state index in [-0.39, 0.29) is 5.91 Å². The molecule has 1 amide bonds. The Morgan fingerprint density at radius 1 is 1.24 bits per heavy atom. The van der Waals surface area contributed by atoms with Gasteiger partial charge in [0, 0.05) is 12.2 Å². The molecular formula is C19H24ClN3O2. The second-order valence-corrected chi connectivity index (χ2v) is 6.73. The Morgan fingerprint density at radius 3 is 2.52 bits per heavy atom. The molecule has 0 fully saturated rings. The maximum absolute atomic E-state index is 12.6. The van der Waals surface area contributed by atoms with E-state index in [1.807, 2.05) is 49.3 Å². The topological polar surface area (TPSA) is 67.6 Å². The number of halogens is 1. The standard InChI is InChI=1S/C19H24ClN3O2/c1-19(21,14-7-5-4-6-8-14)18(24)22-15-9-10-17(16(20)13-15)25-12-11-23(2)3/h4-10,13H,11-12,21H2,1-3H3,(H,22,24). The lowest BCUT2D eigenvalue weighted by atomic mass is 9.92. The van der Waals surface area contributed by atoms with E-state index in [0.29, 0.717) is 23.1 Å². The smallest absolute Gasteiger partial charge is 0.248 e. The van der Waals surface area contributed by atoms with Crippen molar-refractivity contribution in [1.29, 1.82) is 0 Å². The summed E-state index contributed by atoms with van der Waals surface area (Å²) in [6, 6.07) is 14.4. The van der Waals surface area contributed by atoms with Crippen molar-refractivity contribution < 1.29 is 9.53 Å². The average molecular weight is 362 g/mol. The van der Waals surface area contributed by atoms with E-state index in [1.165, 1.54) is 0 Å². The number of likely N-dealkylation sites (N-methyl/N-ethyl adjacent to an activating group) is 1. The maximum atomic E-state index is 12.6. The maximum Gasteiger partial charge on any atom is 0.248 e. The zero-order valence-corrected chi connectivity index (χ0v) is 15.5. The van der Waals surface area contributed by atoms with Gasteiger partial charge >= 0.3 is 0 Å². The second kappa shape index (κ2) is 8.34. The Kier molecular flexibility index (Phi) is 6.42. The fraction of sp³-hybridized carbons (Fsp3) is 0.316. The summed E-state index contributed by atoms with van der Waals surface area (Å²) >= 11 is 6.24. The molecule has 2 rings (SSSR count). The molecule has 0 aliphatic heterocycles. The fourth-order valence-corrected chi connectivity index (χ4v) is 2.45. The number of hydrogen-bond donors (Lipinski definition) is 2. The first-order valence-electron chi connectivity index (χ1n) is 8.03. The molecule has 0 saturated heterocycles. The third-order valence-electron chi connectivity index (χ3n) is 3.83. The third-order valence-corrected chi connectivity index (χ3v) is 4.13. The van der Waals surface area contributed by atoms with Crippen molar-refractivity contribution in [3.8, 4) is 5.75 Å². The predicted octanol–water partition coefficient (Wildman–Crippen LogP) is 3.09. The van der Waals surface area contributed by atoms with Crippen LogP contribution in [0.1, 0.15) is 12.5 Å². The van der Waals surface area contributed by atoms with Gasteiger partial charge in [-0.05, 0) is 44.8 Å². The van der Waals surface area contributed by atoms with Crippen LogP contribution in [0, 0.1) is 0 Å². The predicted molar refractivity (Wildman–Crippen MR) is 102 cm³/mol. The number of nitrogens with one attached hydrogen (secondary N) is 1. The lowest BCUT2D eigenvalue weighted by Gasteiger charge is -2.24. The van der Waals surface area contributed by atoms with E-state index >= 15 is 0 Å². The number of carbonyl (C=O) groups is 1. The number of nitrogens with two attached hydrogens (primary N) is 1. The van der Waals surface area contributed by atoms with E-state index < -0.39 is 5.54 Å². The van der Waals surface area contributed by atoms with Crippen molar-refractivity contribution in [3.63, 3.8) is 0 Å². The van der Waals surface area contributed by atoms with E-state index in [2.05, 4.69) is 5.32 Å². The average Bonchev–Trinajstić information content (AvgIpc) is 2.57. The molecule has 25 heavy (non-hydrogen) atoms. The number of nitrogens with zero attached hydrogens (tertiary/aromatic N) is 1. The van der Waals surface area contributed by atoms with Crippen LogP contribution in [-0.4, -0.2) is 38.1 Å². The van der Waals surface area contributed by atoms with Gasteiger partial charge in [0.25, 0.3) is 0 Å². The molecule has 1 unspecified atom stereocenters. The van der Waals surface area contributed by atoms with Crippen LogP contribution in [0.15, 0.2) is 48.5 Å². The Bertz CT molecular complexity index is 718. The molecule has 6 heteroatoms. The molecule has 3 N–H and O–H groups in total. The zero-order valence-electron chi connectivity index (χ0n) is 14.8. The lowest BCUT2D eigenvalue weighted by molar-refractivity contribution is -0.120. The van der Waals surface area contributed by atoms with Crippen molar-refractivity contribution in [2.75, 3.05) is 32.6 Å². The minimum absolute atomic E-state index is 0.309. The molecule has 1 atom stereocenters. The molecular weight excluding hydrogens is 338 g/mol. The minimum Gasteiger partial charge on any atom is -0.491 e. The summed E-state index contributed by atoms with van der Waals surface area (Å²) in [6.07, 6.45) is 0. The Hall–Kier alpha value is -2.08. The first-order valence-corrected chi connectivity index (χ1v) is 8.41. The summed E-state index contributed by atoms with van der Waals surface area (Å²) in [5.41, 5.74) is 6.38. The fourth-order valence-electron chi connectivity index (χ4n) is 2.21. The van der Waals surface area contributed by atoms with Crippen molar-refractivity contribution >= 4 is 23.2 Å². The number of hydrogen-bond acceptors (Lipinski definition) is 4. The molecule has 0 saturated carbocycles. The summed E-state index contributed by atoms with van der Waals surface area (Å²) in [5.74, 6) is 0.274. The Labute approximate surface area is 153 Å². The molecule has 2 aromatic carbocycles. The molecule has 0 aromatic heterocycles. The van der Waals surface area contributed by atoms with Crippen LogP contribution in [0.5, 0.6) is 5.75 Å². The lowest BCUT2D eigenvalue weighted by Crippen LogP contribution is -2.45. The normalized spacial score (nSPS) is 13.4. The number of carbonyl (C=O) groups excluding carboxylic acids is 1. The van der Waals surface area contributed by atoms with Gasteiger partial charge in [-0.15, -0.1) is 0 Å². The quantitative estimate of drug-likeness (QED) is 0.795. The van der Waals surface area contributed by atoms with Crippen LogP contribution in [0.25, 0.3) is 0 Å². The molecule has 0 heterocycles. The Morgan fingerprint density at radius 2 is 1.92 bits per heavy atom. The highest BCUT2D eigenvalue weighted by Gasteiger charge is 2.30. The van der Waals surface area contributed by atoms with Crippen molar-refractivity contribution in [2.45, 2.75) is 12.5 Å². The van der Waals surface area contributed by atoms with Crippen LogP contribution in [0.3, 0.4) is 0 Å². The van der Waals surface area contributed by atoms with Crippen LogP contribution in [-0.2, 0) is 10.3 Å². The van der Waals surface area contributed by atoms with Gasteiger partial charge in [0.15, 0.2) is 0 Å². The van der Waals surface area contributed by atoms with Gasteiger partial charge in [0.2, 0.25) is 5.91 Å². The summed E-state index contributed by atoms with van der Waals surface area (Å²) < 4.78 is 5.63. The SMILES string of the molecule is CN(C)CCOc1ccc(NC(=O)C(C)(N)c2ccccc2)cc1Cl. The number of anilines is 1. The number of amides is 1. The third kappa shape index (κ3) is 5.19. The Balaban J connectivity index is 2.05. The highest BCUT2D eigenvalue weighted by atomic mass is 35.5. The molecule has 134 valence electrons. The number of benzene rings is 2. The van der Waals surface area contributed by atoms with E-state index in [1.54, 1.807) is 25.1 Å². The van der Waals surface area contributed by atoms with Gasteiger partial charge < -0.3 is 20.7 Å². The van der Waals surface area contributed by atoms with Gasteiger partial charge in [-0.1, -0.05) is 41.9 Å². The van der Waals surface area contributed by atoms with Crippen LogP contribution in [0.4, 0.5) is 5.69 Å². The van der Waals surface area contributed by atoms with E-state index in [0.717, 1.165) is 12.1 Å². The van der Waals surface area contributed by atoms with Crippen LogP contribution in [0.2, 0.25) is 5.02 Å². The summed E-state index contributed by atoms with van der Waals surface area (Å²) in [6.45, 7) is 3.00. The molecule has 0 aliphatic carbocycles. The van der Waals surface area contributed by atoms with Gasteiger partial charge in [-0.2, -0.15) is 0 Å². The van der Waals surface area contributed by atoms with Gasteiger partial charge in [-0.25, -0.2) is 0 Å². The van der Waals surface area contributed by atoms with Crippen LogP contribution >= 0.6 is 11.6 Å². The summed E-state index contributed by atoms with van der Waals surface area (Å²) in [7, 11) is 3.94. The minimum atomic E-state index is -1.14. The molecule has 2 aromatic rings. The van der Waals surface area contributed by atoms with Gasteiger partial charge in [-0.3, -0.25) is 4.79 Å².